The smallest absolute Gasteiger partial charge is 0.219 e. The molecule has 0 aromatic heterocycles. The third kappa shape index (κ3) is 3.85. The predicted molar refractivity (Wildman–Crippen MR) is 58.2 cm³/mol. The molecule has 70 valence electrons. The van der Waals surface area contributed by atoms with Crippen LogP contribution in [0.5, 0.6) is 0 Å². The van der Waals surface area contributed by atoms with Crippen molar-refractivity contribution in [1.29, 1.82) is 0 Å². The van der Waals surface area contributed by atoms with Crippen molar-refractivity contribution >= 4 is 29.8 Å². The van der Waals surface area contributed by atoms with Gasteiger partial charge in [0, 0.05) is 11.3 Å². The van der Waals surface area contributed by atoms with Crippen molar-refractivity contribution in [3.05, 3.63) is 35.9 Å². The summed E-state index contributed by atoms with van der Waals surface area (Å²) in [6.07, 6.45) is 0. The monoisotopic (exact) mass is 214 g/mol. The molecule has 0 N–H and O–H groups in total. The van der Waals surface area contributed by atoms with Crippen molar-refractivity contribution in [2.75, 3.05) is 12.4 Å². The van der Waals surface area contributed by atoms with Crippen LogP contribution >= 0.6 is 24.7 Å². The Balaban J connectivity index is 2.40. The zero-order chi connectivity index (χ0) is 9.52. The normalized spacial score (nSPS) is 9.92. The molecule has 1 rings (SSSR count). The van der Waals surface area contributed by atoms with Crippen molar-refractivity contribution < 1.29 is 8.98 Å². The second kappa shape index (κ2) is 6.07. The third-order valence-corrected chi connectivity index (χ3v) is 2.47. The fraction of sp³-hybridized carbons (Fsp3) is 0.222. The molecule has 0 spiro atoms. The Morgan fingerprint density at radius 2 is 2.08 bits per heavy atom. The lowest BCUT2D eigenvalue weighted by atomic mass is 10.2. The van der Waals surface area contributed by atoms with Gasteiger partial charge in [-0.2, -0.15) is 0 Å². The molecule has 0 aliphatic rings. The summed E-state index contributed by atoms with van der Waals surface area (Å²) in [5.74, 6) is 0.636. The van der Waals surface area contributed by atoms with Gasteiger partial charge in [-0.05, 0) is 12.9 Å². The molecule has 0 atom stereocenters. The average molecular weight is 214 g/mol. The van der Waals surface area contributed by atoms with E-state index in [2.05, 4.69) is 17.1 Å². The molecule has 0 fully saturated rings. The minimum absolute atomic E-state index is 0.0750. The summed E-state index contributed by atoms with van der Waals surface area (Å²) in [6, 6.07) is 9.19. The van der Waals surface area contributed by atoms with E-state index in [9.17, 15) is 4.79 Å². The predicted octanol–water partition coefficient (Wildman–Crippen LogP) is 2.42. The highest BCUT2D eigenvalue weighted by Gasteiger charge is 2.04. The largest absolute Gasteiger partial charge is 0.318 e. The molecule has 0 bridgehead atoms. The molecular weight excluding hydrogens is 204 g/mol. The van der Waals surface area contributed by atoms with E-state index in [4.69, 9.17) is 0 Å². The Labute approximate surface area is 87.3 Å². The van der Waals surface area contributed by atoms with Crippen molar-refractivity contribution in [2.45, 2.75) is 0 Å². The zero-order valence-corrected chi connectivity index (χ0v) is 8.68. The molecule has 0 saturated heterocycles. The van der Waals surface area contributed by atoms with Crippen LogP contribution in [0.3, 0.4) is 0 Å². The summed E-state index contributed by atoms with van der Waals surface area (Å²) >= 11 is 4.83. The Morgan fingerprint density at radius 3 is 2.69 bits per heavy atom. The second-order valence-corrected chi connectivity index (χ2v) is 3.66. The number of hydrogen-bond donors (Lipinski definition) is 1. The molecule has 0 heterocycles. The molecule has 1 aromatic carbocycles. The first-order valence-corrected chi connectivity index (χ1v) is 5.18. The van der Waals surface area contributed by atoms with Gasteiger partial charge >= 0.3 is 0 Å². The van der Waals surface area contributed by atoms with Crippen LogP contribution in [0, 0.1) is 0 Å². The van der Waals surface area contributed by atoms with Crippen LogP contribution in [0.2, 0.25) is 0 Å². The minimum Gasteiger partial charge on any atom is -0.318 e. The van der Waals surface area contributed by atoms with Crippen LogP contribution in [-0.2, 0) is 4.18 Å². The molecule has 0 radical (unpaired) electrons. The number of thiol groups is 1. The van der Waals surface area contributed by atoms with Crippen molar-refractivity contribution in [3.8, 4) is 0 Å². The quantitative estimate of drug-likeness (QED) is 0.473. The zero-order valence-electron chi connectivity index (χ0n) is 6.97. The van der Waals surface area contributed by atoms with Gasteiger partial charge in [-0.3, -0.25) is 4.79 Å². The van der Waals surface area contributed by atoms with E-state index in [0.717, 1.165) is 5.56 Å². The highest BCUT2D eigenvalue weighted by atomic mass is 32.2. The molecule has 0 unspecified atom stereocenters. The number of benzene rings is 1. The fourth-order valence-corrected chi connectivity index (χ4v) is 1.70. The maximum absolute atomic E-state index is 11.4. The number of carbonyl (C=O) groups excluding carboxylic acids is 1. The number of thioether (sulfide) groups is 1. The van der Waals surface area contributed by atoms with Gasteiger partial charge in [0.2, 0.25) is 5.12 Å². The van der Waals surface area contributed by atoms with Crippen molar-refractivity contribution in [2.24, 2.45) is 0 Å². The van der Waals surface area contributed by atoms with Gasteiger partial charge in [-0.15, -0.1) is 0 Å². The Hall–Kier alpha value is -0.450. The second-order valence-electron chi connectivity index (χ2n) is 2.34. The van der Waals surface area contributed by atoms with Crippen LogP contribution in [-0.4, -0.2) is 17.5 Å². The van der Waals surface area contributed by atoms with Gasteiger partial charge in [-0.25, -0.2) is 0 Å². The lowest BCUT2D eigenvalue weighted by molar-refractivity contribution is 0.108. The van der Waals surface area contributed by atoms with E-state index in [1.54, 1.807) is 12.1 Å². The summed E-state index contributed by atoms with van der Waals surface area (Å²) in [7, 11) is 0. The standard InChI is InChI=1S/C9H10O2S2/c10-9(13-7-6-11-12)8-4-2-1-3-5-8/h1-5,12H,6-7H2. The third-order valence-electron chi connectivity index (χ3n) is 1.42. The van der Waals surface area contributed by atoms with Crippen molar-refractivity contribution in [1.82, 2.24) is 0 Å². The first kappa shape index (κ1) is 10.6. The topological polar surface area (TPSA) is 26.3 Å². The van der Waals surface area contributed by atoms with Gasteiger partial charge in [0.15, 0.2) is 0 Å². The summed E-state index contributed by atoms with van der Waals surface area (Å²) < 4.78 is 4.55. The van der Waals surface area contributed by atoms with Crippen LogP contribution < -0.4 is 0 Å². The Bertz CT molecular complexity index is 262. The summed E-state index contributed by atoms with van der Waals surface area (Å²) in [6.45, 7) is 0.479. The highest BCUT2D eigenvalue weighted by Crippen LogP contribution is 2.11. The number of hydrogen-bond acceptors (Lipinski definition) is 4. The van der Waals surface area contributed by atoms with Gasteiger partial charge < -0.3 is 4.18 Å². The van der Waals surface area contributed by atoms with Crippen LogP contribution in [0.1, 0.15) is 10.4 Å². The van der Waals surface area contributed by atoms with Crippen LogP contribution in [0.15, 0.2) is 30.3 Å². The SMILES string of the molecule is O=C(SCCOS)c1ccccc1. The molecule has 0 saturated carbocycles. The first-order chi connectivity index (χ1) is 6.34. The molecule has 2 nitrogen and oxygen atoms in total. The molecular formula is C9H10O2S2. The number of carbonyl (C=O) groups is 1. The molecule has 0 amide bonds. The molecule has 0 aliphatic carbocycles. The van der Waals surface area contributed by atoms with E-state index in [1.807, 2.05) is 18.2 Å². The maximum atomic E-state index is 11.4. The van der Waals surface area contributed by atoms with E-state index in [-0.39, 0.29) is 5.12 Å². The van der Waals surface area contributed by atoms with Gasteiger partial charge in [0.1, 0.15) is 0 Å². The molecule has 1 aromatic rings. The van der Waals surface area contributed by atoms with E-state index in [1.165, 1.54) is 11.8 Å². The van der Waals surface area contributed by atoms with Gasteiger partial charge in [0.05, 0.1) is 6.61 Å². The Kier molecular flexibility index (Phi) is 4.97. The minimum atomic E-state index is 0.0750. The first-order valence-electron chi connectivity index (χ1n) is 3.83. The fourth-order valence-electron chi connectivity index (χ4n) is 0.829. The van der Waals surface area contributed by atoms with E-state index < -0.39 is 0 Å². The maximum Gasteiger partial charge on any atom is 0.219 e. The summed E-state index contributed by atoms with van der Waals surface area (Å²) in [4.78, 5) is 11.4. The lowest BCUT2D eigenvalue weighted by Crippen LogP contribution is -1.97. The summed E-state index contributed by atoms with van der Waals surface area (Å²) in [5.41, 5.74) is 0.728. The Morgan fingerprint density at radius 1 is 1.38 bits per heavy atom. The van der Waals surface area contributed by atoms with Crippen LogP contribution in [0.25, 0.3) is 0 Å². The molecule has 0 aliphatic heterocycles. The number of rotatable bonds is 4. The summed E-state index contributed by atoms with van der Waals surface area (Å²) in [5, 5.41) is 0.0750. The molecule has 4 heteroatoms. The molecule has 13 heavy (non-hydrogen) atoms. The highest BCUT2D eigenvalue weighted by molar-refractivity contribution is 8.14. The van der Waals surface area contributed by atoms with Crippen molar-refractivity contribution in [3.63, 3.8) is 0 Å². The van der Waals surface area contributed by atoms with E-state index >= 15 is 0 Å². The van der Waals surface area contributed by atoms with Crippen LogP contribution in [0.4, 0.5) is 0 Å². The van der Waals surface area contributed by atoms with E-state index in [0.29, 0.717) is 12.4 Å². The lowest BCUT2D eigenvalue weighted by Gasteiger charge is -1.98. The van der Waals surface area contributed by atoms with Gasteiger partial charge in [-0.1, -0.05) is 42.1 Å². The average Bonchev–Trinajstić information content (AvgIpc) is 2.19. The van der Waals surface area contributed by atoms with Gasteiger partial charge in [0.25, 0.3) is 0 Å².